The van der Waals surface area contributed by atoms with Crippen LogP contribution < -0.4 is 0 Å². The van der Waals surface area contributed by atoms with Gasteiger partial charge in [-0.05, 0) is 6.07 Å². The van der Waals surface area contributed by atoms with Gasteiger partial charge in [0.1, 0.15) is 0 Å². The molecule has 0 saturated heterocycles. The average Bonchev–Trinajstić information content (AvgIpc) is 2.46. The van der Waals surface area contributed by atoms with E-state index in [9.17, 15) is 20.0 Å². The number of carbonyl (C=O) groups is 1. The lowest BCUT2D eigenvalue weighted by Crippen LogP contribution is -2.36. The van der Waals surface area contributed by atoms with Crippen LogP contribution in [0.2, 0.25) is 0 Å². The van der Waals surface area contributed by atoms with Gasteiger partial charge in [0.15, 0.2) is 0 Å². The lowest BCUT2D eigenvalue weighted by atomic mass is 10.1. The minimum absolute atomic E-state index is 0.114. The molecule has 21 heavy (non-hydrogen) atoms. The zero-order valence-electron chi connectivity index (χ0n) is 11.9. The highest BCUT2D eigenvalue weighted by atomic mass is 16.6. The molecule has 0 aliphatic rings. The molecule has 8 nitrogen and oxygen atoms in total. The number of para-hydroxylation sites is 1. The molecule has 0 aliphatic heterocycles. The van der Waals surface area contributed by atoms with Crippen molar-refractivity contribution in [2.75, 3.05) is 40.5 Å². The molecule has 1 amide bonds. The van der Waals surface area contributed by atoms with Crippen molar-refractivity contribution in [2.24, 2.45) is 0 Å². The molecule has 1 aromatic carbocycles. The Morgan fingerprint density at radius 3 is 2.33 bits per heavy atom. The number of carbonyl (C=O) groups excluding carboxylic acids is 1. The number of methoxy groups -OCH3 is 2. The normalized spacial score (nSPS) is 10.4. The number of nitro benzene ring substituents is 1. The SMILES string of the molecule is COCCN(CCOC)C(=O)c1cccc([N+](=O)[O-])c1O. The van der Waals surface area contributed by atoms with E-state index >= 15 is 0 Å². The number of nitrogens with zero attached hydrogens (tertiary/aromatic N) is 2. The summed E-state index contributed by atoms with van der Waals surface area (Å²) in [5.74, 6) is -1.14. The van der Waals surface area contributed by atoms with E-state index in [-0.39, 0.29) is 5.56 Å². The fourth-order valence-corrected chi connectivity index (χ4v) is 1.74. The van der Waals surface area contributed by atoms with E-state index in [1.807, 2.05) is 0 Å². The number of rotatable bonds is 8. The van der Waals surface area contributed by atoms with Crippen molar-refractivity contribution in [3.8, 4) is 5.75 Å². The Hall–Kier alpha value is -2.19. The fourth-order valence-electron chi connectivity index (χ4n) is 1.74. The first-order valence-corrected chi connectivity index (χ1v) is 6.26. The summed E-state index contributed by atoms with van der Waals surface area (Å²) in [6, 6.07) is 3.84. The van der Waals surface area contributed by atoms with Crippen molar-refractivity contribution in [1.82, 2.24) is 4.90 Å². The molecule has 1 rings (SSSR count). The summed E-state index contributed by atoms with van der Waals surface area (Å²) in [5.41, 5.74) is -0.615. The van der Waals surface area contributed by atoms with Crippen molar-refractivity contribution in [3.05, 3.63) is 33.9 Å². The quantitative estimate of drug-likeness (QED) is 0.568. The van der Waals surface area contributed by atoms with Gasteiger partial charge in [0, 0.05) is 33.4 Å². The standard InChI is InChI=1S/C13H18N2O6/c1-20-8-6-14(7-9-21-2)13(17)10-4-3-5-11(12(10)16)15(18)19/h3-5,16H,6-9H2,1-2H3. The number of phenolic OH excluding ortho intramolecular Hbond substituents is 1. The molecule has 0 unspecified atom stereocenters. The van der Waals surface area contributed by atoms with Crippen LogP contribution in [0.5, 0.6) is 5.75 Å². The molecule has 0 bridgehead atoms. The Kier molecular flexibility index (Phi) is 6.57. The van der Waals surface area contributed by atoms with Crippen molar-refractivity contribution in [1.29, 1.82) is 0 Å². The van der Waals surface area contributed by atoms with Crippen LogP contribution in [-0.4, -0.2) is 61.4 Å². The largest absolute Gasteiger partial charge is 0.502 e. The molecule has 1 aromatic rings. The molecule has 0 fully saturated rings. The van der Waals surface area contributed by atoms with Gasteiger partial charge in [-0.15, -0.1) is 0 Å². The Bertz CT molecular complexity index is 497. The van der Waals surface area contributed by atoms with Gasteiger partial charge in [-0.2, -0.15) is 0 Å². The van der Waals surface area contributed by atoms with Crippen LogP contribution in [0.3, 0.4) is 0 Å². The Morgan fingerprint density at radius 2 is 1.86 bits per heavy atom. The Morgan fingerprint density at radius 1 is 1.29 bits per heavy atom. The van der Waals surface area contributed by atoms with Crippen LogP contribution in [-0.2, 0) is 9.47 Å². The van der Waals surface area contributed by atoms with Gasteiger partial charge < -0.3 is 19.5 Å². The molecule has 0 heterocycles. The molecule has 0 aliphatic carbocycles. The maximum Gasteiger partial charge on any atom is 0.311 e. The first-order valence-electron chi connectivity index (χ1n) is 6.26. The fraction of sp³-hybridized carbons (Fsp3) is 0.462. The van der Waals surface area contributed by atoms with Gasteiger partial charge in [-0.1, -0.05) is 6.07 Å². The summed E-state index contributed by atoms with van der Waals surface area (Å²) in [4.78, 5) is 23.8. The third-order valence-corrected chi connectivity index (χ3v) is 2.86. The molecule has 8 heteroatoms. The molecule has 0 spiro atoms. The second-order valence-corrected chi connectivity index (χ2v) is 4.21. The first kappa shape index (κ1) is 16.9. The second-order valence-electron chi connectivity index (χ2n) is 4.21. The summed E-state index contributed by atoms with van der Waals surface area (Å²) in [6.45, 7) is 1.21. The number of ether oxygens (including phenoxy) is 2. The van der Waals surface area contributed by atoms with Crippen molar-refractivity contribution < 1.29 is 24.3 Å². The van der Waals surface area contributed by atoms with Crippen LogP contribution in [0, 0.1) is 10.1 Å². The van der Waals surface area contributed by atoms with Gasteiger partial charge in [0.2, 0.25) is 5.75 Å². The molecule has 0 saturated carbocycles. The first-order chi connectivity index (χ1) is 10.0. The maximum absolute atomic E-state index is 12.4. The summed E-state index contributed by atoms with van der Waals surface area (Å²) >= 11 is 0. The van der Waals surface area contributed by atoms with Crippen LogP contribution in [0.1, 0.15) is 10.4 Å². The third kappa shape index (κ3) is 4.40. The monoisotopic (exact) mass is 298 g/mol. The van der Waals surface area contributed by atoms with Crippen LogP contribution in [0.25, 0.3) is 0 Å². The van der Waals surface area contributed by atoms with E-state index in [0.29, 0.717) is 26.3 Å². The van der Waals surface area contributed by atoms with E-state index in [0.717, 1.165) is 6.07 Å². The molecule has 0 atom stereocenters. The lowest BCUT2D eigenvalue weighted by Gasteiger charge is -2.22. The van der Waals surface area contributed by atoms with Crippen molar-refractivity contribution in [2.45, 2.75) is 0 Å². The number of aromatic hydroxyl groups is 1. The highest BCUT2D eigenvalue weighted by Gasteiger charge is 2.24. The van der Waals surface area contributed by atoms with E-state index in [2.05, 4.69) is 0 Å². The average molecular weight is 298 g/mol. The predicted octanol–water partition coefficient (Wildman–Crippen LogP) is 1.04. The number of hydrogen-bond acceptors (Lipinski definition) is 6. The molecule has 0 aromatic heterocycles. The third-order valence-electron chi connectivity index (χ3n) is 2.86. The maximum atomic E-state index is 12.4. The summed E-state index contributed by atoms with van der Waals surface area (Å²) in [7, 11) is 3.01. The van der Waals surface area contributed by atoms with Crippen LogP contribution in [0.4, 0.5) is 5.69 Å². The van der Waals surface area contributed by atoms with Crippen molar-refractivity contribution in [3.63, 3.8) is 0 Å². The number of benzene rings is 1. The van der Waals surface area contributed by atoms with Gasteiger partial charge in [0.25, 0.3) is 5.91 Å². The zero-order valence-corrected chi connectivity index (χ0v) is 11.9. The molecule has 0 radical (unpaired) electrons. The van der Waals surface area contributed by atoms with Gasteiger partial charge >= 0.3 is 5.69 Å². The van der Waals surface area contributed by atoms with E-state index in [1.54, 1.807) is 0 Å². The molecular weight excluding hydrogens is 280 g/mol. The highest BCUT2D eigenvalue weighted by molar-refractivity contribution is 5.98. The van der Waals surface area contributed by atoms with Gasteiger partial charge in [-0.3, -0.25) is 14.9 Å². The Balaban J connectivity index is 3.02. The second kappa shape index (κ2) is 8.18. The number of amides is 1. The smallest absolute Gasteiger partial charge is 0.311 e. The van der Waals surface area contributed by atoms with Crippen molar-refractivity contribution >= 4 is 11.6 Å². The number of hydrogen-bond donors (Lipinski definition) is 1. The summed E-state index contributed by atoms with van der Waals surface area (Å²) < 4.78 is 9.85. The van der Waals surface area contributed by atoms with E-state index in [4.69, 9.17) is 9.47 Å². The highest BCUT2D eigenvalue weighted by Crippen LogP contribution is 2.30. The van der Waals surface area contributed by atoms with Gasteiger partial charge in [0.05, 0.1) is 23.7 Å². The van der Waals surface area contributed by atoms with E-state index < -0.39 is 22.3 Å². The summed E-state index contributed by atoms with van der Waals surface area (Å²) in [6.07, 6.45) is 0. The number of nitro groups is 1. The predicted molar refractivity (Wildman–Crippen MR) is 74.4 cm³/mol. The van der Waals surface area contributed by atoms with Crippen LogP contribution >= 0.6 is 0 Å². The minimum Gasteiger partial charge on any atom is -0.502 e. The molecule has 1 N–H and O–H groups in total. The molecule has 116 valence electrons. The minimum atomic E-state index is -0.735. The topological polar surface area (TPSA) is 102 Å². The van der Waals surface area contributed by atoms with Gasteiger partial charge in [-0.25, -0.2) is 0 Å². The zero-order chi connectivity index (χ0) is 15.8. The number of phenols is 1. The van der Waals surface area contributed by atoms with E-state index in [1.165, 1.54) is 31.3 Å². The summed E-state index contributed by atoms with van der Waals surface area (Å²) in [5, 5.41) is 20.7. The van der Waals surface area contributed by atoms with Crippen LogP contribution in [0.15, 0.2) is 18.2 Å². The molecular formula is C13H18N2O6. The Labute approximate surface area is 122 Å². The lowest BCUT2D eigenvalue weighted by molar-refractivity contribution is -0.385.